The number of carboxylic acid groups (broad SMARTS) is 1. The largest absolute Gasteiger partial charge is 0.550 e. The first-order valence-corrected chi connectivity index (χ1v) is 7.21. The summed E-state index contributed by atoms with van der Waals surface area (Å²) in [4.78, 5) is 23.5. The van der Waals surface area contributed by atoms with Gasteiger partial charge in [-0.05, 0) is 25.0 Å². The highest BCUT2D eigenvalue weighted by molar-refractivity contribution is 5.95. The molecule has 0 spiro atoms. The number of nitrogens with one attached hydrogen (secondary N) is 1. The number of anilines is 1. The molecule has 1 aromatic rings. The summed E-state index contributed by atoms with van der Waals surface area (Å²) in [6, 6.07) is 5.11. The van der Waals surface area contributed by atoms with Crippen LogP contribution < -0.4 is 19.9 Å². The molecular formula is C16H16NO5-. The van der Waals surface area contributed by atoms with E-state index in [0.29, 0.717) is 43.2 Å². The van der Waals surface area contributed by atoms with Crippen LogP contribution in [0.4, 0.5) is 5.69 Å². The van der Waals surface area contributed by atoms with Gasteiger partial charge in [-0.1, -0.05) is 12.2 Å². The number of carbonyl (C=O) groups excluding carboxylic acids is 2. The Morgan fingerprint density at radius 2 is 1.73 bits per heavy atom. The van der Waals surface area contributed by atoms with Crippen LogP contribution in [0, 0.1) is 11.8 Å². The van der Waals surface area contributed by atoms with Crippen molar-refractivity contribution < 1.29 is 24.2 Å². The van der Waals surface area contributed by atoms with Gasteiger partial charge in [0.15, 0.2) is 11.5 Å². The van der Waals surface area contributed by atoms with Crippen molar-refractivity contribution in [2.75, 3.05) is 18.5 Å². The van der Waals surface area contributed by atoms with Crippen LogP contribution in [0.2, 0.25) is 0 Å². The molecule has 22 heavy (non-hydrogen) atoms. The van der Waals surface area contributed by atoms with Crippen molar-refractivity contribution in [2.45, 2.75) is 12.8 Å². The molecule has 1 amide bonds. The molecule has 0 bridgehead atoms. The Bertz CT molecular complexity index is 625. The Morgan fingerprint density at radius 3 is 2.45 bits per heavy atom. The molecule has 3 rings (SSSR count). The van der Waals surface area contributed by atoms with E-state index in [4.69, 9.17) is 9.47 Å². The zero-order valence-electron chi connectivity index (χ0n) is 11.9. The molecule has 2 aliphatic rings. The fraction of sp³-hybridized carbons (Fsp3) is 0.375. The second-order valence-corrected chi connectivity index (χ2v) is 5.32. The third-order valence-electron chi connectivity index (χ3n) is 3.88. The molecule has 0 saturated heterocycles. The van der Waals surface area contributed by atoms with Crippen molar-refractivity contribution in [3.8, 4) is 11.5 Å². The predicted molar refractivity (Wildman–Crippen MR) is 76.4 cm³/mol. The van der Waals surface area contributed by atoms with Gasteiger partial charge in [0, 0.05) is 23.6 Å². The fourth-order valence-corrected chi connectivity index (χ4v) is 2.72. The van der Waals surface area contributed by atoms with E-state index in [1.165, 1.54) is 0 Å². The molecule has 2 atom stereocenters. The molecule has 0 fully saturated rings. The summed E-state index contributed by atoms with van der Waals surface area (Å²) in [7, 11) is 0. The summed E-state index contributed by atoms with van der Waals surface area (Å²) in [6.45, 7) is 0.963. The zero-order chi connectivity index (χ0) is 15.5. The van der Waals surface area contributed by atoms with Gasteiger partial charge in [-0.25, -0.2) is 0 Å². The molecule has 1 aliphatic heterocycles. The minimum atomic E-state index is -1.19. The van der Waals surface area contributed by atoms with Gasteiger partial charge in [-0.3, -0.25) is 4.79 Å². The van der Waals surface area contributed by atoms with Gasteiger partial charge in [0.25, 0.3) is 0 Å². The lowest BCUT2D eigenvalue weighted by molar-refractivity contribution is -0.313. The average Bonchev–Trinajstić information content (AvgIpc) is 2.54. The highest BCUT2D eigenvalue weighted by Crippen LogP contribution is 2.33. The van der Waals surface area contributed by atoms with E-state index < -0.39 is 17.8 Å². The Morgan fingerprint density at radius 1 is 1.05 bits per heavy atom. The Labute approximate surface area is 127 Å². The lowest BCUT2D eigenvalue weighted by atomic mass is 9.82. The van der Waals surface area contributed by atoms with Gasteiger partial charge in [0.1, 0.15) is 13.2 Å². The zero-order valence-corrected chi connectivity index (χ0v) is 11.9. The monoisotopic (exact) mass is 302 g/mol. The van der Waals surface area contributed by atoms with Gasteiger partial charge in [0.2, 0.25) is 5.91 Å². The van der Waals surface area contributed by atoms with Gasteiger partial charge in [-0.15, -0.1) is 0 Å². The molecule has 1 heterocycles. The number of hydrogen-bond acceptors (Lipinski definition) is 5. The minimum Gasteiger partial charge on any atom is -0.550 e. The average molecular weight is 302 g/mol. The fourth-order valence-electron chi connectivity index (χ4n) is 2.72. The number of carboxylic acids is 1. The second-order valence-electron chi connectivity index (χ2n) is 5.32. The molecule has 0 aromatic heterocycles. The van der Waals surface area contributed by atoms with Crippen LogP contribution in [0.15, 0.2) is 30.4 Å². The molecule has 1 N–H and O–H groups in total. The summed E-state index contributed by atoms with van der Waals surface area (Å²) in [6.07, 6.45) is 4.32. The maximum atomic E-state index is 12.3. The topological polar surface area (TPSA) is 87.7 Å². The summed E-state index contributed by atoms with van der Waals surface area (Å²) in [5.41, 5.74) is 0.556. The van der Waals surface area contributed by atoms with Crippen LogP contribution in [-0.4, -0.2) is 25.1 Å². The van der Waals surface area contributed by atoms with Crippen LogP contribution in [0.1, 0.15) is 12.8 Å². The van der Waals surface area contributed by atoms with Gasteiger partial charge in [-0.2, -0.15) is 0 Å². The maximum absolute atomic E-state index is 12.3. The number of amides is 1. The van der Waals surface area contributed by atoms with Crippen LogP contribution in [0.25, 0.3) is 0 Å². The van der Waals surface area contributed by atoms with E-state index in [1.54, 1.807) is 24.3 Å². The first kappa shape index (κ1) is 14.4. The second kappa shape index (κ2) is 6.09. The van der Waals surface area contributed by atoms with E-state index in [0.717, 1.165) is 0 Å². The highest BCUT2D eigenvalue weighted by atomic mass is 16.6. The number of ether oxygens (including phenoxy) is 2. The third-order valence-corrected chi connectivity index (χ3v) is 3.88. The number of aliphatic carboxylic acids is 1. The normalized spacial score (nSPS) is 22.9. The molecule has 0 saturated carbocycles. The molecule has 116 valence electrons. The SMILES string of the molecule is O=C([O-])C1CC=CCC1C(=O)Nc1ccc2c(c1)OCCO2. The highest BCUT2D eigenvalue weighted by Gasteiger charge is 2.30. The number of fused-ring (bicyclic) bond motifs is 1. The maximum Gasteiger partial charge on any atom is 0.228 e. The van der Waals surface area contributed by atoms with Crippen LogP contribution in [0.5, 0.6) is 11.5 Å². The number of carbonyl (C=O) groups is 2. The molecular weight excluding hydrogens is 286 g/mol. The number of hydrogen-bond donors (Lipinski definition) is 1. The third kappa shape index (κ3) is 2.90. The Hall–Kier alpha value is -2.50. The van der Waals surface area contributed by atoms with Gasteiger partial charge < -0.3 is 24.7 Å². The summed E-state index contributed by atoms with van der Waals surface area (Å²) >= 11 is 0. The smallest absolute Gasteiger partial charge is 0.228 e. The van der Waals surface area contributed by atoms with Gasteiger partial charge in [0.05, 0.1) is 5.92 Å². The van der Waals surface area contributed by atoms with E-state index >= 15 is 0 Å². The molecule has 1 aliphatic carbocycles. The van der Waals surface area contributed by atoms with E-state index in [1.807, 2.05) is 6.08 Å². The lowest BCUT2D eigenvalue weighted by Crippen LogP contribution is -2.41. The Balaban J connectivity index is 1.73. The summed E-state index contributed by atoms with van der Waals surface area (Å²) in [5, 5.41) is 13.9. The van der Waals surface area contributed by atoms with Crippen molar-refractivity contribution in [1.29, 1.82) is 0 Å². The van der Waals surface area contributed by atoms with Crippen LogP contribution in [-0.2, 0) is 9.59 Å². The van der Waals surface area contributed by atoms with Crippen molar-refractivity contribution in [3.63, 3.8) is 0 Å². The minimum absolute atomic E-state index is 0.321. The Kier molecular flexibility index (Phi) is 4.00. The lowest BCUT2D eigenvalue weighted by Gasteiger charge is -2.28. The van der Waals surface area contributed by atoms with Crippen molar-refractivity contribution >= 4 is 17.6 Å². The van der Waals surface area contributed by atoms with Crippen molar-refractivity contribution in [3.05, 3.63) is 30.4 Å². The number of allylic oxidation sites excluding steroid dienone is 2. The first-order chi connectivity index (χ1) is 10.6. The molecule has 1 aromatic carbocycles. The number of benzene rings is 1. The van der Waals surface area contributed by atoms with Crippen LogP contribution >= 0.6 is 0 Å². The molecule has 2 unspecified atom stereocenters. The molecule has 6 nitrogen and oxygen atoms in total. The van der Waals surface area contributed by atoms with Crippen molar-refractivity contribution in [2.24, 2.45) is 11.8 Å². The molecule has 6 heteroatoms. The van der Waals surface area contributed by atoms with Crippen LogP contribution in [0.3, 0.4) is 0 Å². The van der Waals surface area contributed by atoms with E-state index in [9.17, 15) is 14.7 Å². The van der Waals surface area contributed by atoms with E-state index in [2.05, 4.69) is 5.32 Å². The first-order valence-electron chi connectivity index (χ1n) is 7.21. The predicted octanol–water partition coefficient (Wildman–Crippen LogP) is 0.729. The summed E-state index contributed by atoms with van der Waals surface area (Å²) in [5.74, 6) is -1.71. The quantitative estimate of drug-likeness (QED) is 0.832. The van der Waals surface area contributed by atoms with Gasteiger partial charge >= 0.3 is 0 Å². The number of rotatable bonds is 3. The van der Waals surface area contributed by atoms with E-state index in [-0.39, 0.29) is 5.91 Å². The summed E-state index contributed by atoms with van der Waals surface area (Å²) < 4.78 is 10.9. The molecule has 0 radical (unpaired) electrons. The van der Waals surface area contributed by atoms with Crippen molar-refractivity contribution in [1.82, 2.24) is 0 Å². The standard InChI is InChI=1S/C16H17NO5/c18-15(11-3-1-2-4-12(11)16(19)20)17-10-5-6-13-14(9-10)22-8-7-21-13/h1-2,5-6,9,11-12H,3-4,7-8H2,(H,17,18)(H,19,20)/p-1.